The molecular weight excluding hydrogens is 116 g/mol. The van der Waals surface area contributed by atoms with Crippen LogP contribution in [0.5, 0.6) is 0 Å². The Kier molecular flexibility index (Phi) is 17.6. The minimum absolute atomic E-state index is 0. The van der Waals surface area contributed by atoms with Crippen molar-refractivity contribution in [3.05, 3.63) is 12.3 Å². The van der Waals surface area contributed by atoms with Gasteiger partial charge in [-0.2, -0.15) is 0 Å². The minimum atomic E-state index is 0. The van der Waals surface area contributed by atoms with Crippen LogP contribution in [0, 0.1) is 12.3 Å². The van der Waals surface area contributed by atoms with Gasteiger partial charge in [0.15, 0.2) is 0 Å². The highest BCUT2D eigenvalue weighted by molar-refractivity contribution is 5.14. The Morgan fingerprint density at radius 1 is 1.33 bits per heavy atom. The average molecular weight is 132 g/mol. The number of nitrogens with zero attached hydrogens (tertiary/aromatic N) is 2. The first-order valence-corrected chi connectivity index (χ1v) is 2.03. The van der Waals surface area contributed by atoms with Crippen LogP contribution in [-0.2, 0) is 0 Å². The van der Waals surface area contributed by atoms with Crippen LogP contribution in [0.3, 0.4) is 0 Å². The quantitative estimate of drug-likeness (QED) is 0.156. The third kappa shape index (κ3) is 180. The van der Waals surface area contributed by atoms with E-state index in [0.29, 0.717) is 4.74 Å². The summed E-state index contributed by atoms with van der Waals surface area (Å²) in [6, 6.07) is 0. The van der Waals surface area contributed by atoms with Crippen LogP contribution in [0.15, 0.2) is 0 Å². The van der Waals surface area contributed by atoms with Crippen molar-refractivity contribution in [2.75, 3.05) is 14.1 Å². The van der Waals surface area contributed by atoms with Gasteiger partial charge in [0.1, 0.15) is 20.8 Å². The summed E-state index contributed by atoms with van der Waals surface area (Å²) in [5.41, 5.74) is 0. The van der Waals surface area contributed by atoms with Crippen molar-refractivity contribution in [3.8, 4) is 0 Å². The van der Waals surface area contributed by atoms with Crippen molar-refractivity contribution in [2.24, 2.45) is 0 Å². The molecule has 0 aliphatic rings. The molecule has 0 N–H and O–H groups in total. The lowest BCUT2D eigenvalue weighted by atomic mass is 11.1. The lowest BCUT2D eigenvalue weighted by molar-refractivity contribution is -0.420. The van der Waals surface area contributed by atoms with Gasteiger partial charge in [-0.1, -0.05) is 7.43 Å². The molecule has 0 spiro atoms. The highest BCUT2D eigenvalue weighted by Gasteiger charge is 1.43. The summed E-state index contributed by atoms with van der Waals surface area (Å²) >= 11 is 0. The van der Waals surface area contributed by atoms with E-state index in [-0.39, 0.29) is 7.43 Å². The Morgan fingerprint density at radius 2 is 1.33 bits per heavy atom. The summed E-state index contributed by atoms with van der Waals surface area (Å²) in [5.74, 6) is 0. The maximum Gasteiger partial charge on any atom is 0.142 e. The lowest BCUT2D eigenvalue weighted by Gasteiger charge is -1.82. The Balaban J connectivity index is -0.0000000720. The molecule has 0 radical (unpaired) electrons. The molecule has 0 atom stereocenters. The third-order valence-electron chi connectivity index (χ3n) is 0. The van der Waals surface area contributed by atoms with E-state index in [9.17, 15) is 5.21 Å². The monoisotopic (exact) mass is 132 g/mol. The first kappa shape index (κ1) is 15.7. The molecule has 0 saturated carbocycles. The fourth-order valence-corrected chi connectivity index (χ4v) is 0. The van der Waals surface area contributed by atoms with Crippen LogP contribution in [0.4, 0.5) is 0 Å². The van der Waals surface area contributed by atoms with Gasteiger partial charge in [0, 0.05) is 0 Å². The van der Waals surface area contributed by atoms with Crippen LogP contribution < -0.4 is 0 Å². The topological polar surface area (TPSA) is 29.1 Å². The van der Waals surface area contributed by atoms with E-state index >= 15 is 0 Å². The zero-order valence-electron chi connectivity index (χ0n) is 5.42. The highest BCUT2D eigenvalue weighted by Crippen LogP contribution is 1.37. The highest BCUT2D eigenvalue weighted by atomic mass is 16.5. The van der Waals surface area contributed by atoms with Gasteiger partial charge in [0.2, 0.25) is 0 Å². The van der Waals surface area contributed by atoms with E-state index in [4.69, 9.17) is 0 Å². The van der Waals surface area contributed by atoms with E-state index in [0.717, 1.165) is 0 Å². The summed E-state index contributed by atoms with van der Waals surface area (Å²) in [6.07, 6.45) is 0. The summed E-state index contributed by atoms with van der Waals surface area (Å²) in [6.45, 7) is 6.28. The second kappa shape index (κ2) is 10.1. The van der Waals surface area contributed by atoms with Gasteiger partial charge < -0.3 is 9.78 Å². The van der Waals surface area contributed by atoms with E-state index < -0.39 is 0 Å². The Bertz CT molecular complexity index is 69.1. The van der Waals surface area contributed by atoms with E-state index in [1.807, 2.05) is 0 Å². The van der Waals surface area contributed by atoms with Crippen molar-refractivity contribution < 1.29 is 9.31 Å². The standard InChI is InChI=1S/C3H7N.C2H5NO.CH4/c1-4(2)3;1-3(2)4;/h1-2H2,3H3;1H2,2H3;1H4. The smallest absolute Gasteiger partial charge is 0.142 e. The predicted molar refractivity (Wildman–Crippen MR) is 42.1 cm³/mol. The van der Waals surface area contributed by atoms with Gasteiger partial charge in [0.05, 0.1) is 0 Å². The molecule has 56 valence electrons. The summed E-state index contributed by atoms with van der Waals surface area (Å²) in [4.78, 5) is 0. The first-order chi connectivity index (χ1) is 3.46. The third-order valence-corrected chi connectivity index (χ3v) is 0. The second-order valence-electron chi connectivity index (χ2n) is 1.48. The van der Waals surface area contributed by atoms with Crippen LogP contribution in [-0.4, -0.2) is 36.8 Å². The molecule has 0 heterocycles. The van der Waals surface area contributed by atoms with Crippen molar-refractivity contribution in [2.45, 2.75) is 7.43 Å². The molecule has 0 saturated heterocycles. The molecule has 0 unspecified atom stereocenters. The molecule has 0 amide bonds. The first-order valence-electron chi connectivity index (χ1n) is 2.03. The molecule has 0 aromatic rings. The van der Waals surface area contributed by atoms with Crippen molar-refractivity contribution in [1.82, 2.24) is 0 Å². The molecule has 0 aromatic heterocycles. The van der Waals surface area contributed by atoms with Gasteiger partial charge in [-0.15, -0.1) is 0 Å². The van der Waals surface area contributed by atoms with E-state index in [1.54, 1.807) is 7.05 Å². The molecular formula is C6H16N2O. The fourth-order valence-electron chi connectivity index (χ4n) is 0. The number of hydrogen-bond donors (Lipinski definition) is 0. The maximum absolute atomic E-state index is 9.25. The normalized spacial score (nSPS) is 5.56. The predicted octanol–water partition coefficient (Wildman–Crippen LogP) is 0.584. The molecule has 0 aliphatic carbocycles. The van der Waals surface area contributed by atoms with E-state index in [1.165, 1.54) is 11.6 Å². The van der Waals surface area contributed by atoms with Gasteiger partial charge in [-0.3, -0.25) is 0 Å². The molecule has 0 rings (SSSR count). The number of rotatable bonds is 0. The largest absolute Gasteiger partial charge is 0.624 e. The van der Waals surface area contributed by atoms with Gasteiger partial charge in [-0.25, -0.2) is 4.74 Å². The average Bonchev–Trinajstić information content (AvgIpc) is 1.25. The summed E-state index contributed by atoms with van der Waals surface area (Å²) in [7, 11) is 6.47. The summed E-state index contributed by atoms with van der Waals surface area (Å²) in [5, 5.41) is 9.25. The zero-order chi connectivity index (χ0) is 7.15. The van der Waals surface area contributed by atoms with E-state index in [2.05, 4.69) is 20.5 Å². The number of hydroxylamine groups is 1. The van der Waals surface area contributed by atoms with Gasteiger partial charge in [0.25, 0.3) is 0 Å². The molecule has 0 aliphatic heterocycles. The SMILES string of the molecule is C.C=[N+](C)[O-].C=[N+]([CH2-])C. The van der Waals surface area contributed by atoms with Crippen LogP contribution in [0.2, 0.25) is 0 Å². The van der Waals surface area contributed by atoms with Crippen LogP contribution in [0.25, 0.3) is 0 Å². The molecule has 3 nitrogen and oxygen atoms in total. The number of hydrogen-bond acceptors (Lipinski definition) is 1. The molecule has 3 heteroatoms. The maximum atomic E-state index is 9.25. The second-order valence-corrected chi connectivity index (χ2v) is 1.48. The van der Waals surface area contributed by atoms with Crippen molar-refractivity contribution in [1.29, 1.82) is 0 Å². The van der Waals surface area contributed by atoms with Gasteiger partial charge in [-0.05, 0) is 13.8 Å². The Morgan fingerprint density at radius 3 is 1.33 bits per heavy atom. The Hall–Kier alpha value is -0.990. The van der Waals surface area contributed by atoms with Crippen molar-refractivity contribution >= 4 is 13.4 Å². The molecule has 0 aromatic carbocycles. The summed E-state index contributed by atoms with van der Waals surface area (Å²) < 4.78 is 2.00. The Labute approximate surface area is 57.5 Å². The molecule has 9 heavy (non-hydrogen) atoms. The van der Waals surface area contributed by atoms with Crippen molar-refractivity contribution in [3.63, 3.8) is 0 Å². The van der Waals surface area contributed by atoms with Gasteiger partial charge >= 0.3 is 0 Å². The fraction of sp³-hybridized carbons (Fsp3) is 0.500. The van der Waals surface area contributed by atoms with Crippen LogP contribution in [0.1, 0.15) is 7.43 Å². The zero-order valence-corrected chi connectivity index (χ0v) is 5.42. The lowest BCUT2D eigenvalue weighted by Crippen LogP contribution is -1.82. The molecule has 0 fully saturated rings. The van der Waals surface area contributed by atoms with Crippen LogP contribution >= 0.6 is 0 Å². The molecule has 0 bridgehead atoms. The minimum Gasteiger partial charge on any atom is -0.624 e.